The van der Waals surface area contributed by atoms with Gasteiger partial charge in [0.1, 0.15) is 0 Å². The molecule has 2 aromatic rings. The van der Waals surface area contributed by atoms with Crippen LogP contribution in [0.1, 0.15) is 6.42 Å². The van der Waals surface area contributed by atoms with Crippen molar-refractivity contribution in [2.75, 3.05) is 11.4 Å². The molecule has 3 rings (SSSR count). The third kappa shape index (κ3) is 2.10. The molecule has 1 fully saturated rings. The number of imide groups is 1. The lowest BCUT2D eigenvalue weighted by atomic mass is 10.1. The molecule has 0 saturated carbocycles. The molecule has 7 heteroatoms. The smallest absolute Gasteiger partial charge is 0.294 e. The summed E-state index contributed by atoms with van der Waals surface area (Å²) in [5, 5.41) is 11.7. The van der Waals surface area contributed by atoms with Crippen molar-refractivity contribution in [2.24, 2.45) is 0 Å². The van der Waals surface area contributed by atoms with Gasteiger partial charge < -0.3 is 0 Å². The molecule has 1 aromatic carbocycles. The van der Waals surface area contributed by atoms with Crippen molar-refractivity contribution in [1.29, 1.82) is 0 Å². The molecule has 1 saturated heterocycles. The Morgan fingerprint density at radius 3 is 2.95 bits per heavy atom. The highest BCUT2D eigenvalue weighted by Gasteiger charge is 2.24. The van der Waals surface area contributed by atoms with E-state index in [0.29, 0.717) is 12.2 Å². The van der Waals surface area contributed by atoms with Crippen molar-refractivity contribution in [3.8, 4) is 0 Å². The predicted octanol–water partition coefficient (Wildman–Crippen LogP) is 1.73. The zero-order chi connectivity index (χ0) is 13.4. The van der Waals surface area contributed by atoms with Crippen molar-refractivity contribution in [3.05, 3.63) is 29.5 Å². The van der Waals surface area contributed by atoms with Gasteiger partial charge in [-0.25, -0.2) is 4.79 Å². The highest BCUT2D eigenvalue weighted by Crippen LogP contribution is 2.26. The highest BCUT2D eigenvalue weighted by molar-refractivity contribution is 6.34. The molecule has 1 aromatic heterocycles. The predicted molar refractivity (Wildman–Crippen MR) is 70.0 cm³/mol. The summed E-state index contributed by atoms with van der Waals surface area (Å²) in [6, 6.07) is 4.94. The number of nitrogens with zero attached hydrogens (tertiary/aromatic N) is 3. The highest BCUT2D eigenvalue weighted by atomic mass is 35.5. The van der Waals surface area contributed by atoms with E-state index < -0.39 is 6.03 Å². The van der Waals surface area contributed by atoms with Crippen LogP contribution in [0.4, 0.5) is 10.5 Å². The number of anilines is 1. The number of hydrogen-bond acceptors (Lipinski definition) is 4. The van der Waals surface area contributed by atoms with E-state index >= 15 is 0 Å². The van der Waals surface area contributed by atoms with Crippen LogP contribution in [0.15, 0.2) is 24.4 Å². The Morgan fingerprint density at radius 1 is 1.32 bits per heavy atom. The molecule has 0 aliphatic carbocycles. The molecular formula is C12H9ClN4O2. The molecular weight excluding hydrogens is 268 g/mol. The Labute approximate surface area is 113 Å². The van der Waals surface area contributed by atoms with Gasteiger partial charge in [0.15, 0.2) is 5.15 Å². The molecule has 96 valence electrons. The van der Waals surface area contributed by atoms with Crippen molar-refractivity contribution in [1.82, 2.24) is 15.5 Å². The first-order chi connectivity index (χ1) is 9.15. The van der Waals surface area contributed by atoms with Gasteiger partial charge in [0, 0.05) is 29.4 Å². The Bertz CT molecular complexity index is 688. The fourth-order valence-corrected chi connectivity index (χ4v) is 2.22. The normalized spacial score (nSPS) is 15.7. The average molecular weight is 277 g/mol. The molecule has 2 heterocycles. The minimum atomic E-state index is -0.422. The van der Waals surface area contributed by atoms with Crippen LogP contribution in [0, 0.1) is 0 Å². The van der Waals surface area contributed by atoms with Gasteiger partial charge in [-0.2, -0.15) is 5.10 Å². The molecule has 1 N–H and O–H groups in total. The lowest BCUT2D eigenvalue weighted by Crippen LogP contribution is -2.49. The Balaban J connectivity index is 2.04. The van der Waals surface area contributed by atoms with E-state index in [0.717, 1.165) is 10.8 Å². The second-order valence-corrected chi connectivity index (χ2v) is 4.52. The Hall–Kier alpha value is -2.21. The molecule has 19 heavy (non-hydrogen) atoms. The van der Waals surface area contributed by atoms with Crippen molar-refractivity contribution in [2.45, 2.75) is 6.42 Å². The van der Waals surface area contributed by atoms with E-state index in [1.807, 2.05) is 6.07 Å². The van der Waals surface area contributed by atoms with Gasteiger partial charge in [0.25, 0.3) is 0 Å². The summed E-state index contributed by atoms with van der Waals surface area (Å²) >= 11 is 5.98. The van der Waals surface area contributed by atoms with Crippen LogP contribution >= 0.6 is 11.6 Å². The fourth-order valence-electron chi connectivity index (χ4n) is 2.01. The van der Waals surface area contributed by atoms with Crippen LogP contribution in [0.3, 0.4) is 0 Å². The van der Waals surface area contributed by atoms with Gasteiger partial charge in [0.2, 0.25) is 5.91 Å². The number of carbonyl (C=O) groups excluding carboxylic acids is 2. The van der Waals surface area contributed by atoms with Crippen molar-refractivity contribution in [3.63, 3.8) is 0 Å². The molecule has 0 atom stereocenters. The molecule has 0 spiro atoms. The molecule has 0 bridgehead atoms. The third-order valence-corrected chi connectivity index (χ3v) is 3.25. The van der Waals surface area contributed by atoms with Crippen LogP contribution in [-0.4, -0.2) is 28.7 Å². The summed E-state index contributed by atoms with van der Waals surface area (Å²) < 4.78 is 0. The largest absolute Gasteiger partial charge is 0.328 e. The average Bonchev–Trinajstić information content (AvgIpc) is 2.39. The van der Waals surface area contributed by atoms with Crippen molar-refractivity contribution < 1.29 is 9.59 Å². The molecule has 1 aliphatic rings. The maximum atomic E-state index is 11.8. The number of fused-ring (bicyclic) bond motifs is 1. The molecule has 6 nitrogen and oxygen atoms in total. The first-order valence-electron chi connectivity index (χ1n) is 5.67. The number of amides is 3. The number of nitrogens with one attached hydrogen (secondary N) is 1. The minimum Gasteiger partial charge on any atom is -0.294 e. The van der Waals surface area contributed by atoms with E-state index in [-0.39, 0.29) is 17.5 Å². The number of carbonyl (C=O) groups is 2. The minimum absolute atomic E-state index is 0.258. The lowest BCUT2D eigenvalue weighted by molar-refractivity contribution is -0.120. The number of halogens is 1. The third-order valence-electron chi connectivity index (χ3n) is 2.97. The summed E-state index contributed by atoms with van der Waals surface area (Å²) in [6.45, 7) is 0.353. The zero-order valence-electron chi connectivity index (χ0n) is 9.76. The molecule has 3 amide bonds. The summed E-state index contributed by atoms with van der Waals surface area (Å²) in [7, 11) is 0. The number of aromatic nitrogens is 2. The van der Waals surface area contributed by atoms with Gasteiger partial charge in [-0.05, 0) is 12.1 Å². The SMILES string of the molecule is O=C1CCN(c2ccc3cnnc(Cl)c3c2)C(=O)N1. The number of rotatable bonds is 1. The first-order valence-corrected chi connectivity index (χ1v) is 6.05. The summed E-state index contributed by atoms with van der Waals surface area (Å²) in [4.78, 5) is 24.4. The van der Waals surface area contributed by atoms with Crippen LogP contribution in [0.25, 0.3) is 10.8 Å². The van der Waals surface area contributed by atoms with Gasteiger partial charge in [-0.1, -0.05) is 17.7 Å². The summed E-state index contributed by atoms with van der Waals surface area (Å²) in [5.74, 6) is -0.258. The van der Waals surface area contributed by atoms with Gasteiger partial charge in [-0.3, -0.25) is 15.0 Å². The Morgan fingerprint density at radius 2 is 2.16 bits per heavy atom. The number of urea groups is 1. The van der Waals surface area contributed by atoms with Gasteiger partial charge >= 0.3 is 6.03 Å². The molecule has 0 unspecified atom stereocenters. The molecule has 0 radical (unpaired) electrons. The fraction of sp³-hybridized carbons (Fsp3) is 0.167. The van der Waals surface area contributed by atoms with E-state index in [1.165, 1.54) is 4.90 Å². The quantitative estimate of drug-likeness (QED) is 0.861. The van der Waals surface area contributed by atoms with Gasteiger partial charge in [-0.15, -0.1) is 5.10 Å². The second kappa shape index (κ2) is 4.47. The number of hydrogen-bond donors (Lipinski definition) is 1. The van der Waals surface area contributed by atoms with Crippen LogP contribution < -0.4 is 10.2 Å². The van der Waals surface area contributed by atoms with Crippen molar-refractivity contribution >= 4 is 40.0 Å². The zero-order valence-corrected chi connectivity index (χ0v) is 10.5. The van der Waals surface area contributed by atoms with E-state index in [4.69, 9.17) is 11.6 Å². The standard InChI is InChI=1S/C12H9ClN4O2/c13-11-9-5-8(2-1-7(9)6-14-16-11)17-4-3-10(18)15-12(17)19/h1-2,5-6H,3-4H2,(H,15,18,19). The van der Waals surface area contributed by atoms with Crippen LogP contribution in [0.2, 0.25) is 5.15 Å². The second-order valence-electron chi connectivity index (χ2n) is 4.16. The Kier molecular flexibility index (Phi) is 2.79. The maximum Gasteiger partial charge on any atom is 0.328 e. The van der Waals surface area contributed by atoms with E-state index in [9.17, 15) is 9.59 Å². The van der Waals surface area contributed by atoms with Crippen LogP contribution in [0.5, 0.6) is 0 Å². The summed E-state index contributed by atoms with van der Waals surface area (Å²) in [5.41, 5.74) is 0.674. The molecule has 1 aliphatic heterocycles. The monoisotopic (exact) mass is 276 g/mol. The number of benzene rings is 1. The first kappa shape index (κ1) is 11.9. The van der Waals surface area contributed by atoms with Crippen LogP contribution in [-0.2, 0) is 4.79 Å². The topological polar surface area (TPSA) is 75.2 Å². The van der Waals surface area contributed by atoms with E-state index in [2.05, 4.69) is 15.5 Å². The van der Waals surface area contributed by atoms with E-state index in [1.54, 1.807) is 18.3 Å². The van der Waals surface area contributed by atoms with Gasteiger partial charge in [0.05, 0.1) is 6.20 Å². The maximum absolute atomic E-state index is 11.8. The lowest BCUT2D eigenvalue weighted by Gasteiger charge is -2.26. The summed E-state index contributed by atoms with van der Waals surface area (Å²) in [6.07, 6.45) is 1.89.